The van der Waals surface area contributed by atoms with Crippen LogP contribution in [0, 0.1) is 5.82 Å². The lowest BCUT2D eigenvalue weighted by Gasteiger charge is -2.27. The molecule has 0 aliphatic carbocycles. The zero-order chi connectivity index (χ0) is 13.9. The highest BCUT2D eigenvalue weighted by Crippen LogP contribution is 2.22. The third kappa shape index (κ3) is 3.88. The van der Waals surface area contributed by atoms with Crippen LogP contribution in [-0.4, -0.2) is 0 Å². The fourth-order valence-corrected chi connectivity index (χ4v) is 2.20. The highest BCUT2D eigenvalue weighted by atomic mass is 79.9. The minimum absolute atomic E-state index is 0.160. The minimum atomic E-state index is -0.194. The predicted molar refractivity (Wildman–Crippen MR) is 80.4 cm³/mol. The molecule has 0 aliphatic rings. The summed E-state index contributed by atoms with van der Waals surface area (Å²) in [5.41, 5.74) is 1.99. The van der Waals surface area contributed by atoms with Crippen LogP contribution in [0.5, 0.6) is 0 Å². The molecule has 0 saturated carbocycles. The molecule has 0 radical (unpaired) electrons. The lowest BCUT2D eigenvalue weighted by molar-refractivity contribution is 0.400. The monoisotopic (exact) mass is 321 g/mol. The number of hydrogen-bond donors (Lipinski definition) is 1. The number of halogens is 2. The maximum absolute atomic E-state index is 13.1. The molecule has 0 atom stereocenters. The smallest absolute Gasteiger partial charge is 0.123 e. The Morgan fingerprint density at radius 2 is 1.79 bits per heavy atom. The van der Waals surface area contributed by atoms with E-state index in [1.54, 1.807) is 12.1 Å². The van der Waals surface area contributed by atoms with Crippen molar-refractivity contribution < 1.29 is 4.39 Å². The van der Waals surface area contributed by atoms with Crippen molar-refractivity contribution in [3.63, 3.8) is 0 Å². The normalized spacial score (nSPS) is 11.6. The Bertz CT molecular complexity index is 549. The molecule has 0 saturated heterocycles. The molecule has 2 rings (SSSR count). The van der Waals surface area contributed by atoms with Gasteiger partial charge >= 0.3 is 0 Å². The Hall–Kier alpha value is -1.19. The van der Waals surface area contributed by atoms with Gasteiger partial charge in [0.25, 0.3) is 0 Å². The lowest BCUT2D eigenvalue weighted by Crippen LogP contribution is -2.35. The van der Waals surface area contributed by atoms with E-state index in [2.05, 4.69) is 47.2 Å². The summed E-state index contributed by atoms with van der Waals surface area (Å²) in [6.45, 7) is 4.88. The van der Waals surface area contributed by atoms with Crippen molar-refractivity contribution in [3.8, 4) is 0 Å². The summed E-state index contributed by atoms with van der Waals surface area (Å²) in [4.78, 5) is 0. The molecule has 100 valence electrons. The quantitative estimate of drug-likeness (QED) is 0.866. The van der Waals surface area contributed by atoms with Gasteiger partial charge in [-0.1, -0.05) is 40.2 Å². The van der Waals surface area contributed by atoms with Crippen LogP contribution >= 0.6 is 15.9 Å². The summed E-state index contributed by atoms with van der Waals surface area (Å²) in [6, 6.07) is 14.9. The molecule has 2 aromatic rings. The van der Waals surface area contributed by atoms with Gasteiger partial charge in [-0.05, 0) is 49.2 Å². The first kappa shape index (κ1) is 14.2. The van der Waals surface area contributed by atoms with Crippen LogP contribution in [0.3, 0.4) is 0 Å². The molecule has 0 bridgehead atoms. The van der Waals surface area contributed by atoms with E-state index >= 15 is 0 Å². The van der Waals surface area contributed by atoms with Gasteiger partial charge in [0, 0.05) is 16.6 Å². The fraction of sp³-hybridized carbons (Fsp3) is 0.250. The predicted octanol–water partition coefficient (Wildman–Crippen LogP) is 4.61. The van der Waals surface area contributed by atoms with E-state index in [-0.39, 0.29) is 11.4 Å². The van der Waals surface area contributed by atoms with Gasteiger partial charge in [0.15, 0.2) is 0 Å². The van der Waals surface area contributed by atoms with Crippen LogP contribution in [-0.2, 0) is 12.1 Å². The molecule has 0 aliphatic heterocycles. The second-order valence-electron chi connectivity index (χ2n) is 5.12. The van der Waals surface area contributed by atoms with Crippen LogP contribution in [0.15, 0.2) is 53.0 Å². The van der Waals surface area contributed by atoms with Crippen LogP contribution in [0.1, 0.15) is 25.0 Å². The van der Waals surface area contributed by atoms with E-state index in [0.29, 0.717) is 6.54 Å². The molecule has 0 spiro atoms. The second-order valence-corrected chi connectivity index (χ2v) is 6.03. The number of hydrogen-bond acceptors (Lipinski definition) is 1. The molecular formula is C16H17BrFN. The Kier molecular flexibility index (Phi) is 4.38. The van der Waals surface area contributed by atoms with Crippen LogP contribution < -0.4 is 5.32 Å². The van der Waals surface area contributed by atoms with E-state index in [0.717, 1.165) is 10.0 Å². The van der Waals surface area contributed by atoms with E-state index in [4.69, 9.17) is 0 Å². The van der Waals surface area contributed by atoms with Crippen molar-refractivity contribution in [2.24, 2.45) is 0 Å². The first-order chi connectivity index (χ1) is 8.97. The first-order valence-corrected chi connectivity index (χ1v) is 7.02. The van der Waals surface area contributed by atoms with Crippen molar-refractivity contribution in [2.75, 3.05) is 0 Å². The molecule has 0 aromatic heterocycles. The number of benzene rings is 2. The van der Waals surface area contributed by atoms with Gasteiger partial charge < -0.3 is 5.32 Å². The Labute approximate surface area is 122 Å². The van der Waals surface area contributed by atoms with Gasteiger partial charge in [-0.15, -0.1) is 0 Å². The first-order valence-electron chi connectivity index (χ1n) is 6.23. The van der Waals surface area contributed by atoms with E-state index in [1.807, 2.05) is 18.2 Å². The van der Waals surface area contributed by atoms with Crippen molar-refractivity contribution >= 4 is 15.9 Å². The molecule has 0 fully saturated rings. The van der Waals surface area contributed by atoms with E-state index < -0.39 is 0 Å². The summed E-state index contributed by atoms with van der Waals surface area (Å²) in [7, 11) is 0. The van der Waals surface area contributed by atoms with Crippen LogP contribution in [0.2, 0.25) is 0 Å². The van der Waals surface area contributed by atoms with Crippen LogP contribution in [0.4, 0.5) is 4.39 Å². The third-order valence-electron chi connectivity index (χ3n) is 3.19. The molecule has 0 amide bonds. The highest BCUT2D eigenvalue weighted by molar-refractivity contribution is 9.10. The third-order valence-corrected chi connectivity index (χ3v) is 3.72. The molecular weight excluding hydrogens is 305 g/mol. The topological polar surface area (TPSA) is 12.0 Å². The molecule has 1 N–H and O–H groups in total. The van der Waals surface area contributed by atoms with Crippen LogP contribution in [0.25, 0.3) is 0 Å². The summed E-state index contributed by atoms with van der Waals surface area (Å²) in [5.74, 6) is -0.194. The van der Waals surface area contributed by atoms with Crippen molar-refractivity contribution in [2.45, 2.75) is 25.9 Å². The lowest BCUT2D eigenvalue weighted by atomic mass is 9.94. The van der Waals surface area contributed by atoms with Gasteiger partial charge in [0.05, 0.1) is 0 Å². The standard InChI is InChI=1S/C16H17BrFN/c1-16(2,13-6-8-14(17)9-7-13)19-11-12-4-3-5-15(18)10-12/h3-10,19H,11H2,1-2H3. The average Bonchev–Trinajstić information content (AvgIpc) is 2.37. The molecule has 0 unspecified atom stereocenters. The number of rotatable bonds is 4. The minimum Gasteiger partial charge on any atom is -0.304 e. The van der Waals surface area contributed by atoms with E-state index in [1.165, 1.54) is 11.6 Å². The maximum atomic E-state index is 13.1. The average molecular weight is 322 g/mol. The highest BCUT2D eigenvalue weighted by Gasteiger charge is 2.19. The summed E-state index contributed by atoms with van der Waals surface area (Å²) >= 11 is 3.43. The largest absolute Gasteiger partial charge is 0.304 e. The van der Waals surface area contributed by atoms with Crippen molar-refractivity contribution in [1.82, 2.24) is 5.32 Å². The Morgan fingerprint density at radius 1 is 1.11 bits per heavy atom. The maximum Gasteiger partial charge on any atom is 0.123 e. The summed E-state index contributed by atoms with van der Waals surface area (Å²) in [6.07, 6.45) is 0. The zero-order valence-electron chi connectivity index (χ0n) is 11.1. The van der Waals surface area contributed by atoms with Crippen molar-refractivity contribution in [3.05, 3.63) is 69.9 Å². The summed E-state index contributed by atoms with van der Waals surface area (Å²) in [5, 5.41) is 3.46. The molecule has 3 heteroatoms. The molecule has 2 aromatic carbocycles. The van der Waals surface area contributed by atoms with E-state index in [9.17, 15) is 4.39 Å². The number of nitrogens with one attached hydrogen (secondary N) is 1. The Morgan fingerprint density at radius 3 is 2.42 bits per heavy atom. The SMILES string of the molecule is CC(C)(NCc1cccc(F)c1)c1ccc(Br)cc1. The van der Waals surface area contributed by atoms with Gasteiger partial charge in [-0.3, -0.25) is 0 Å². The zero-order valence-corrected chi connectivity index (χ0v) is 12.7. The van der Waals surface area contributed by atoms with Gasteiger partial charge in [0.1, 0.15) is 5.82 Å². The molecule has 0 heterocycles. The molecule has 1 nitrogen and oxygen atoms in total. The van der Waals surface area contributed by atoms with Gasteiger partial charge in [-0.2, -0.15) is 0 Å². The van der Waals surface area contributed by atoms with Gasteiger partial charge in [0.2, 0.25) is 0 Å². The molecule has 19 heavy (non-hydrogen) atoms. The van der Waals surface area contributed by atoms with Crippen molar-refractivity contribution in [1.29, 1.82) is 0 Å². The fourth-order valence-electron chi connectivity index (χ4n) is 1.94. The Balaban J connectivity index is 2.07. The van der Waals surface area contributed by atoms with Gasteiger partial charge in [-0.25, -0.2) is 4.39 Å². The summed E-state index contributed by atoms with van der Waals surface area (Å²) < 4.78 is 14.2. The second kappa shape index (κ2) is 5.85.